The number of aryl methyl sites for hydroxylation is 1. The number of hydrogen-bond donors (Lipinski definition) is 1. The minimum absolute atomic E-state index is 0.335. The van der Waals surface area contributed by atoms with Crippen molar-refractivity contribution in [1.29, 1.82) is 0 Å². The monoisotopic (exact) mass is 305 g/mol. The molecule has 0 aliphatic heterocycles. The molecule has 0 atom stereocenters. The van der Waals surface area contributed by atoms with Crippen LogP contribution >= 0.6 is 11.3 Å². The first-order valence-electron chi connectivity index (χ1n) is 6.70. The SMILES string of the molecule is CCOC(=O)c1cc(N)ccc1N(C)Cc1csc(C)n1. The third-order valence-corrected chi connectivity index (χ3v) is 3.82. The molecule has 0 spiro atoms. The molecule has 1 aromatic carbocycles. The van der Waals surface area contributed by atoms with Crippen molar-refractivity contribution in [1.82, 2.24) is 4.98 Å². The molecule has 0 bridgehead atoms. The summed E-state index contributed by atoms with van der Waals surface area (Å²) in [6.07, 6.45) is 0. The molecule has 0 saturated heterocycles. The molecule has 5 nitrogen and oxygen atoms in total. The van der Waals surface area contributed by atoms with E-state index in [1.165, 1.54) is 0 Å². The number of hydrogen-bond acceptors (Lipinski definition) is 6. The Morgan fingerprint density at radius 1 is 1.48 bits per heavy atom. The third kappa shape index (κ3) is 3.72. The maximum atomic E-state index is 12.1. The van der Waals surface area contributed by atoms with Crippen LogP contribution < -0.4 is 10.6 Å². The van der Waals surface area contributed by atoms with E-state index in [0.29, 0.717) is 24.4 Å². The zero-order valence-corrected chi connectivity index (χ0v) is 13.2. The highest BCUT2D eigenvalue weighted by Gasteiger charge is 2.16. The highest BCUT2D eigenvalue weighted by molar-refractivity contribution is 7.09. The average Bonchev–Trinajstić information content (AvgIpc) is 2.84. The van der Waals surface area contributed by atoms with E-state index in [4.69, 9.17) is 10.5 Å². The lowest BCUT2D eigenvalue weighted by Crippen LogP contribution is -2.20. The molecule has 1 heterocycles. The summed E-state index contributed by atoms with van der Waals surface area (Å²) in [5.74, 6) is -0.360. The van der Waals surface area contributed by atoms with Crippen molar-refractivity contribution < 1.29 is 9.53 Å². The predicted molar refractivity (Wildman–Crippen MR) is 85.8 cm³/mol. The Kier molecular flexibility index (Phi) is 4.80. The molecule has 112 valence electrons. The van der Waals surface area contributed by atoms with Crippen molar-refractivity contribution in [3.8, 4) is 0 Å². The molecule has 1 aromatic heterocycles. The van der Waals surface area contributed by atoms with E-state index in [1.54, 1.807) is 30.4 Å². The molecule has 0 fully saturated rings. The number of aromatic nitrogens is 1. The number of nitrogen functional groups attached to an aromatic ring is 1. The fourth-order valence-corrected chi connectivity index (χ4v) is 2.67. The molecule has 21 heavy (non-hydrogen) atoms. The fourth-order valence-electron chi connectivity index (χ4n) is 2.07. The van der Waals surface area contributed by atoms with Crippen LogP contribution in [-0.4, -0.2) is 24.6 Å². The normalized spacial score (nSPS) is 10.4. The molecule has 2 N–H and O–H groups in total. The number of nitrogens with two attached hydrogens (primary N) is 1. The molecule has 0 saturated carbocycles. The van der Waals surface area contributed by atoms with Gasteiger partial charge in [0.05, 0.1) is 35.1 Å². The molecule has 0 unspecified atom stereocenters. The molecular weight excluding hydrogens is 286 g/mol. The van der Waals surface area contributed by atoms with Gasteiger partial charge < -0.3 is 15.4 Å². The lowest BCUT2D eigenvalue weighted by molar-refractivity contribution is 0.0527. The van der Waals surface area contributed by atoms with Gasteiger partial charge in [-0.05, 0) is 32.0 Å². The lowest BCUT2D eigenvalue weighted by Gasteiger charge is -2.21. The predicted octanol–water partition coefficient (Wildman–Crippen LogP) is 2.85. The summed E-state index contributed by atoms with van der Waals surface area (Å²) in [6, 6.07) is 5.26. The highest BCUT2D eigenvalue weighted by atomic mass is 32.1. The fraction of sp³-hybridized carbons (Fsp3) is 0.333. The minimum Gasteiger partial charge on any atom is -0.462 e. The van der Waals surface area contributed by atoms with Gasteiger partial charge in [0.1, 0.15) is 0 Å². The number of anilines is 2. The van der Waals surface area contributed by atoms with Gasteiger partial charge >= 0.3 is 5.97 Å². The van der Waals surface area contributed by atoms with Crippen LogP contribution in [0.2, 0.25) is 0 Å². The average molecular weight is 305 g/mol. The summed E-state index contributed by atoms with van der Waals surface area (Å²) < 4.78 is 5.09. The highest BCUT2D eigenvalue weighted by Crippen LogP contribution is 2.25. The quantitative estimate of drug-likeness (QED) is 0.679. The summed E-state index contributed by atoms with van der Waals surface area (Å²) in [4.78, 5) is 18.5. The minimum atomic E-state index is -0.360. The Bertz CT molecular complexity index is 640. The number of esters is 1. The Morgan fingerprint density at radius 2 is 2.24 bits per heavy atom. The molecule has 2 rings (SSSR count). The van der Waals surface area contributed by atoms with E-state index in [0.717, 1.165) is 16.4 Å². The van der Waals surface area contributed by atoms with Gasteiger partial charge in [-0.2, -0.15) is 0 Å². The van der Waals surface area contributed by atoms with E-state index < -0.39 is 0 Å². The second-order valence-electron chi connectivity index (χ2n) is 4.71. The number of benzene rings is 1. The lowest BCUT2D eigenvalue weighted by atomic mass is 10.1. The van der Waals surface area contributed by atoms with Crippen molar-refractivity contribution in [2.45, 2.75) is 20.4 Å². The summed E-state index contributed by atoms with van der Waals surface area (Å²) in [5, 5.41) is 3.05. The molecular formula is C15H19N3O2S. The first kappa shape index (κ1) is 15.3. The van der Waals surface area contributed by atoms with E-state index in [1.807, 2.05) is 30.3 Å². The van der Waals surface area contributed by atoms with Crippen LogP contribution in [0.5, 0.6) is 0 Å². The van der Waals surface area contributed by atoms with Crippen molar-refractivity contribution in [3.05, 3.63) is 39.8 Å². The Morgan fingerprint density at radius 3 is 2.86 bits per heavy atom. The van der Waals surface area contributed by atoms with Crippen molar-refractivity contribution in [2.24, 2.45) is 0 Å². The molecule has 6 heteroatoms. The van der Waals surface area contributed by atoms with Gasteiger partial charge in [0.2, 0.25) is 0 Å². The van der Waals surface area contributed by atoms with Crippen LogP contribution in [-0.2, 0) is 11.3 Å². The second-order valence-corrected chi connectivity index (χ2v) is 5.77. The Labute approximate surface area is 128 Å². The standard InChI is InChI=1S/C15H19N3O2S/c1-4-20-15(19)13-7-11(16)5-6-14(13)18(3)8-12-9-21-10(2)17-12/h5-7,9H,4,8,16H2,1-3H3. The van der Waals surface area contributed by atoms with Gasteiger partial charge in [0.25, 0.3) is 0 Å². The first-order chi connectivity index (χ1) is 10.0. The van der Waals surface area contributed by atoms with Gasteiger partial charge in [0, 0.05) is 18.1 Å². The maximum absolute atomic E-state index is 12.1. The van der Waals surface area contributed by atoms with Crippen LogP contribution in [0, 0.1) is 6.92 Å². The zero-order chi connectivity index (χ0) is 15.4. The molecule has 0 aliphatic carbocycles. The van der Waals surface area contributed by atoms with Crippen LogP contribution in [0.15, 0.2) is 23.6 Å². The summed E-state index contributed by atoms with van der Waals surface area (Å²) >= 11 is 1.61. The number of carbonyl (C=O) groups excluding carboxylic acids is 1. The van der Waals surface area contributed by atoms with Gasteiger partial charge in [-0.3, -0.25) is 0 Å². The van der Waals surface area contributed by atoms with Crippen LogP contribution in [0.25, 0.3) is 0 Å². The first-order valence-corrected chi connectivity index (χ1v) is 7.58. The van der Waals surface area contributed by atoms with Crippen molar-refractivity contribution >= 4 is 28.7 Å². The van der Waals surface area contributed by atoms with Crippen LogP contribution in [0.3, 0.4) is 0 Å². The van der Waals surface area contributed by atoms with Crippen LogP contribution in [0.4, 0.5) is 11.4 Å². The van der Waals surface area contributed by atoms with E-state index >= 15 is 0 Å². The maximum Gasteiger partial charge on any atom is 0.340 e. The Hall–Kier alpha value is -2.08. The third-order valence-electron chi connectivity index (χ3n) is 2.99. The van der Waals surface area contributed by atoms with E-state index in [2.05, 4.69) is 4.98 Å². The number of nitrogens with zero attached hydrogens (tertiary/aromatic N) is 2. The second kappa shape index (κ2) is 6.58. The number of carbonyl (C=O) groups is 1. The summed E-state index contributed by atoms with van der Waals surface area (Å²) in [5.41, 5.74) is 8.56. The Balaban J connectivity index is 2.27. The van der Waals surface area contributed by atoms with Gasteiger partial charge in [-0.15, -0.1) is 11.3 Å². The number of ether oxygens (including phenoxy) is 1. The molecule has 2 aromatic rings. The molecule has 0 aliphatic rings. The summed E-state index contributed by atoms with van der Waals surface area (Å²) in [7, 11) is 1.92. The summed E-state index contributed by atoms with van der Waals surface area (Å²) in [6.45, 7) is 4.72. The van der Waals surface area contributed by atoms with Crippen LogP contribution in [0.1, 0.15) is 28.0 Å². The largest absolute Gasteiger partial charge is 0.462 e. The number of thiazole rings is 1. The molecule has 0 amide bonds. The van der Waals surface area contributed by atoms with Crippen molar-refractivity contribution in [3.63, 3.8) is 0 Å². The smallest absolute Gasteiger partial charge is 0.340 e. The van der Waals surface area contributed by atoms with Gasteiger partial charge in [-0.25, -0.2) is 9.78 Å². The van der Waals surface area contributed by atoms with E-state index in [9.17, 15) is 4.79 Å². The number of rotatable bonds is 5. The van der Waals surface area contributed by atoms with Gasteiger partial charge in [0.15, 0.2) is 0 Å². The van der Waals surface area contributed by atoms with E-state index in [-0.39, 0.29) is 5.97 Å². The molecule has 0 radical (unpaired) electrons. The zero-order valence-electron chi connectivity index (χ0n) is 12.4. The van der Waals surface area contributed by atoms with Gasteiger partial charge in [-0.1, -0.05) is 0 Å². The van der Waals surface area contributed by atoms with Crippen molar-refractivity contribution in [2.75, 3.05) is 24.3 Å². The topological polar surface area (TPSA) is 68.5 Å².